The molecule has 0 atom stereocenters. The molecule has 0 saturated carbocycles. The Labute approximate surface area is 90.5 Å². The fraction of sp³-hybridized carbons (Fsp3) is 0.500. The molecule has 1 aromatic carbocycles. The standard InChI is InChI=1S/C12H18OS/c1-8-6-9(2)11(10(3)7-8)14-12(4,5)13/h6-7,13H,1-5H3. The maximum Gasteiger partial charge on any atom is 0.109 e. The Morgan fingerprint density at radius 3 is 1.86 bits per heavy atom. The molecule has 0 aliphatic carbocycles. The van der Waals surface area contributed by atoms with E-state index in [4.69, 9.17) is 0 Å². The minimum atomic E-state index is -0.704. The molecule has 14 heavy (non-hydrogen) atoms. The smallest absolute Gasteiger partial charge is 0.109 e. The molecule has 0 amide bonds. The molecule has 1 rings (SSSR count). The van der Waals surface area contributed by atoms with Crippen molar-refractivity contribution in [3.05, 3.63) is 28.8 Å². The van der Waals surface area contributed by atoms with Gasteiger partial charge < -0.3 is 5.11 Å². The normalized spacial score (nSPS) is 11.9. The molecule has 0 bridgehead atoms. The van der Waals surface area contributed by atoms with Crippen LogP contribution in [0.5, 0.6) is 0 Å². The lowest BCUT2D eigenvalue weighted by Crippen LogP contribution is -2.12. The van der Waals surface area contributed by atoms with Gasteiger partial charge in [-0.1, -0.05) is 29.5 Å². The van der Waals surface area contributed by atoms with Gasteiger partial charge >= 0.3 is 0 Å². The highest BCUT2D eigenvalue weighted by molar-refractivity contribution is 8.00. The Balaban J connectivity index is 3.09. The summed E-state index contributed by atoms with van der Waals surface area (Å²) in [4.78, 5) is 0.494. The van der Waals surface area contributed by atoms with Gasteiger partial charge in [-0.15, -0.1) is 0 Å². The van der Waals surface area contributed by atoms with Gasteiger partial charge in [0, 0.05) is 4.90 Å². The van der Waals surface area contributed by atoms with Crippen LogP contribution in [-0.4, -0.2) is 10.0 Å². The van der Waals surface area contributed by atoms with Crippen LogP contribution in [0.1, 0.15) is 30.5 Å². The molecule has 78 valence electrons. The van der Waals surface area contributed by atoms with Crippen LogP contribution in [0.25, 0.3) is 0 Å². The zero-order valence-electron chi connectivity index (χ0n) is 9.51. The molecular weight excluding hydrogens is 192 g/mol. The predicted octanol–water partition coefficient (Wildman–Crippen LogP) is 3.43. The van der Waals surface area contributed by atoms with Crippen molar-refractivity contribution in [2.45, 2.75) is 44.4 Å². The largest absolute Gasteiger partial charge is 0.380 e. The van der Waals surface area contributed by atoms with Crippen molar-refractivity contribution in [3.63, 3.8) is 0 Å². The Morgan fingerprint density at radius 1 is 1.07 bits per heavy atom. The summed E-state index contributed by atoms with van der Waals surface area (Å²) in [6.07, 6.45) is 0. The van der Waals surface area contributed by atoms with E-state index in [-0.39, 0.29) is 0 Å². The molecule has 0 radical (unpaired) electrons. The highest BCUT2D eigenvalue weighted by Crippen LogP contribution is 2.35. The molecule has 0 aliphatic heterocycles. The summed E-state index contributed by atoms with van der Waals surface area (Å²) in [5.41, 5.74) is 3.77. The van der Waals surface area contributed by atoms with Crippen LogP contribution in [0.4, 0.5) is 0 Å². The maximum absolute atomic E-state index is 9.75. The first-order valence-corrected chi connectivity index (χ1v) is 5.60. The van der Waals surface area contributed by atoms with Crippen LogP contribution in [0.3, 0.4) is 0 Å². The minimum absolute atomic E-state index is 0.704. The molecule has 0 heterocycles. The molecule has 0 fully saturated rings. The van der Waals surface area contributed by atoms with E-state index in [0.717, 1.165) is 0 Å². The van der Waals surface area contributed by atoms with Crippen molar-refractivity contribution in [2.24, 2.45) is 0 Å². The number of benzene rings is 1. The van der Waals surface area contributed by atoms with Crippen LogP contribution in [0.2, 0.25) is 0 Å². The fourth-order valence-corrected chi connectivity index (χ4v) is 2.52. The van der Waals surface area contributed by atoms with Crippen LogP contribution in [0, 0.1) is 20.8 Å². The number of rotatable bonds is 2. The summed E-state index contributed by atoms with van der Waals surface area (Å²) >= 11 is 1.52. The minimum Gasteiger partial charge on any atom is -0.380 e. The molecule has 0 unspecified atom stereocenters. The molecule has 0 spiro atoms. The summed E-state index contributed by atoms with van der Waals surface area (Å²) in [6.45, 7) is 9.91. The van der Waals surface area contributed by atoms with E-state index >= 15 is 0 Å². The van der Waals surface area contributed by atoms with Gasteiger partial charge in [0.05, 0.1) is 0 Å². The molecule has 1 N–H and O–H groups in total. The van der Waals surface area contributed by atoms with Gasteiger partial charge in [-0.2, -0.15) is 0 Å². The average Bonchev–Trinajstić information content (AvgIpc) is 1.95. The molecule has 2 heteroatoms. The zero-order chi connectivity index (χ0) is 10.9. The second-order valence-corrected chi connectivity index (χ2v) is 5.89. The lowest BCUT2D eigenvalue weighted by Gasteiger charge is -2.20. The lowest BCUT2D eigenvalue weighted by molar-refractivity contribution is 0.179. The molecular formula is C12H18OS. The van der Waals surface area contributed by atoms with Gasteiger partial charge in [0.15, 0.2) is 0 Å². The van der Waals surface area contributed by atoms with Crippen molar-refractivity contribution in [2.75, 3.05) is 0 Å². The van der Waals surface area contributed by atoms with Gasteiger partial charge in [0.1, 0.15) is 4.93 Å². The lowest BCUT2D eigenvalue weighted by atomic mass is 10.1. The van der Waals surface area contributed by atoms with Gasteiger partial charge in [0.25, 0.3) is 0 Å². The third-order valence-corrected chi connectivity index (χ3v) is 3.30. The van der Waals surface area contributed by atoms with Crippen LogP contribution >= 0.6 is 11.8 Å². The van der Waals surface area contributed by atoms with Crippen LogP contribution in [0.15, 0.2) is 17.0 Å². The van der Waals surface area contributed by atoms with Gasteiger partial charge in [-0.25, -0.2) is 0 Å². The number of aryl methyl sites for hydroxylation is 3. The van der Waals surface area contributed by atoms with E-state index < -0.39 is 4.93 Å². The van der Waals surface area contributed by atoms with Gasteiger partial charge in [-0.05, 0) is 45.7 Å². The highest BCUT2D eigenvalue weighted by atomic mass is 32.2. The zero-order valence-corrected chi connectivity index (χ0v) is 10.3. The van der Waals surface area contributed by atoms with E-state index in [9.17, 15) is 5.11 Å². The molecule has 1 aromatic rings. The summed E-state index contributed by atoms with van der Waals surface area (Å²) in [5, 5.41) is 9.75. The predicted molar refractivity (Wildman–Crippen MR) is 62.8 cm³/mol. The summed E-state index contributed by atoms with van der Waals surface area (Å²) in [5.74, 6) is 0. The third kappa shape index (κ3) is 3.03. The summed E-state index contributed by atoms with van der Waals surface area (Å²) in [7, 11) is 0. The fourth-order valence-electron chi connectivity index (χ4n) is 1.58. The number of hydrogen-bond donors (Lipinski definition) is 1. The number of aliphatic hydroxyl groups is 1. The van der Waals surface area contributed by atoms with Crippen molar-refractivity contribution in [1.82, 2.24) is 0 Å². The maximum atomic E-state index is 9.75. The van der Waals surface area contributed by atoms with E-state index in [1.54, 1.807) is 0 Å². The molecule has 0 aliphatic rings. The van der Waals surface area contributed by atoms with Crippen molar-refractivity contribution in [1.29, 1.82) is 0 Å². The van der Waals surface area contributed by atoms with E-state index in [2.05, 4.69) is 32.9 Å². The molecule has 1 nitrogen and oxygen atoms in total. The van der Waals surface area contributed by atoms with Crippen LogP contribution in [-0.2, 0) is 0 Å². The highest BCUT2D eigenvalue weighted by Gasteiger charge is 2.17. The van der Waals surface area contributed by atoms with Gasteiger partial charge in [-0.3, -0.25) is 0 Å². The molecule has 0 saturated heterocycles. The van der Waals surface area contributed by atoms with Crippen LogP contribution < -0.4 is 0 Å². The van der Waals surface area contributed by atoms with Crippen molar-refractivity contribution >= 4 is 11.8 Å². The monoisotopic (exact) mass is 210 g/mol. The van der Waals surface area contributed by atoms with E-state index in [1.807, 2.05) is 13.8 Å². The molecule has 0 aromatic heterocycles. The first kappa shape index (κ1) is 11.6. The van der Waals surface area contributed by atoms with Crippen molar-refractivity contribution in [3.8, 4) is 0 Å². The SMILES string of the molecule is Cc1cc(C)c(SC(C)(C)O)c(C)c1. The van der Waals surface area contributed by atoms with E-state index in [1.165, 1.54) is 33.3 Å². The summed E-state index contributed by atoms with van der Waals surface area (Å²) in [6, 6.07) is 4.31. The third-order valence-electron chi connectivity index (χ3n) is 1.96. The Bertz CT molecular complexity index is 314. The van der Waals surface area contributed by atoms with Gasteiger partial charge in [0.2, 0.25) is 0 Å². The topological polar surface area (TPSA) is 20.2 Å². The first-order chi connectivity index (χ1) is 6.29. The Morgan fingerprint density at radius 2 is 1.50 bits per heavy atom. The average molecular weight is 210 g/mol. The second-order valence-electron chi connectivity index (χ2n) is 4.28. The number of thioether (sulfide) groups is 1. The number of hydrogen-bond acceptors (Lipinski definition) is 2. The van der Waals surface area contributed by atoms with Crippen molar-refractivity contribution < 1.29 is 5.11 Å². The Hall–Kier alpha value is -0.470. The second kappa shape index (κ2) is 3.95. The van der Waals surface area contributed by atoms with E-state index in [0.29, 0.717) is 0 Å². The summed E-state index contributed by atoms with van der Waals surface area (Å²) < 4.78 is 0. The quantitative estimate of drug-likeness (QED) is 0.596. The Kier molecular flexibility index (Phi) is 3.28. The first-order valence-electron chi connectivity index (χ1n) is 4.79.